The first kappa shape index (κ1) is 16.3. The van der Waals surface area contributed by atoms with Gasteiger partial charge in [-0.3, -0.25) is 0 Å². The minimum atomic E-state index is -0.978. The Morgan fingerprint density at radius 1 is 0.950 bits per heavy atom. The van der Waals surface area contributed by atoms with Crippen molar-refractivity contribution in [1.82, 2.24) is 0 Å². The van der Waals surface area contributed by atoms with E-state index in [0.717, 1.165) is 18.8 Å². The number of carbonyl (C=O) groups is 1. The third kappa shape index (κ3) is 7.67. The van der Waals surface area contributed by atoms with Crippen LogP contribution in [-0.2, 0) is 4.79 Å². The maximum atomic E-state index is 10.4. The molecule has 0 unspecified atom stereocenters. The summed E-state index contributed by atoms with van der Waals surface area (Å²) < 4.78 is 10.7. The van der Waals surface area contributed by atoms with Crippen molar-refractivity contribution in [3.05, 3.63) is 24.3 Å². The quantitative estimate of drug-likeness (QED) is 0.625. The van der Waals surface area contributed by atoms with Crippen molar-refractivity contribution >= 4 is 5.97 Å². The van der Waals surface area contributed by atoms with Crippen molar-refractivity contribution in [1.29, 1.82) is 0 Å². The fraction of sp³-hybridized carbons (Fsp3) is 0.562. The van der Waals surface area contributed by atoms with Gasteiger partial charge in [0, 0.05) is 0 Å². The summed E-state index contributed by atoms with van der Waals surface area (Å²) in [6, 6.07) is 7.04. The Bertz CT molecular complexity index is 373. The van der Waals surface area contributed by atoms with Crippen LogP contribution in [0.25, 0.3) is 0 Å². The standard InChI is InChI=1S/C16H24O4/c1-2-3-4-5-6-7-12-19-14-8-10-15(11-9-14)20-13-16(17)18/h8-11H,2-7,12-13H2,1H3,(H,17,18). The van der Waals surface area contributed by atoms with E-state index in [0.29, 0.717) is 5.75 Å². The zero-order valence-electron chi connectivity index (χ0n) is 12.1. The van der Waals surface area contributed by atoms with E-state index < -0.39 is 5.97 Å². The van der Waals surface area contributed by atoms with Crippen molar-refractivity contribution in [2.75, 3.05) is 13.2 Å². The Balaban J connectivity index is 2.13. The van der Waals surface area contributed by atoms with Gasteiger partial charge in [-0.25, -0.2) is 4.79 Å². The number of aliphatic carboxylic acids is 1. The van der Waals surface area contributed by atoms with E-state index >= 15 is 0 Å². The fourth-order valence-electron chi connectivity index (χ4n) is 1.85. The number of ether oxygens (including phenoxy) is 2. The van der Waals surface area contributed by atoms with Gasteiger partial charge in [-0.05, 0) is 30.7 Å². The highest BCUT2D eigenvalue weighted by molar-refractivity contribution is 5.68. The molecule has 0 saturated carbocycles. The van der Waals surface area contributed by atoms with Crippen molar-refractivity contribution < 1.29 is 19.4 Å². The summed E-state index contributed by atoms with van der Waals surface area (Å²) in [5.74, 6) is 0.356. The zero-order chi connectivity index (χ0) is 14.6. The Hall–Kier alpha value is -1.71. The molecule has 20 heavy (non-hydrogen) atoms. The molecule has 1 aromatic carbocycles. The molecule has 112 valence electrons. The lowest BCUT2D eigenvalue weighted by Crippen LogP contribution is -2.09. The second-order valence-electron chi connectivity index (χ2n) is 4.77. The first-order chi connectivity index (χ1) is 9.72. The highest BCUT2D eigenvalue weighted by Crippen LogP contribution is 2.18. The Kier molecular flexibility index (Phi) is 8.27. The molecule has 0 heterocycles. The number of unbranched alkanes of at least 4 members (excludes halogenated alkanes) is 5. The lowest BCUT2D eigenvalue weighted by Gasteiger charge is -2.07. The molecule has 0 amide bonds. The van der Waals surface area contributed by atoms with Crippen LogP contribution in [0.5, 0.6) is 11.5 Å². The lowest BCUT2D eigenvalue weighted by molar-refractivity contribution is -0.139. The predicted octanol–water partition coefficient (Wildman–Crippen LogP) is 3.89. The van der Waals surface area contributed by atoms with Gasteiger partial charge in [0.15, 0.2) is 6.61 Å². The van der Waals surface area contributed by atoms with E-state index in [1.54, 1.807) is 24.3 Å². The summed E-state index contributed by atoms with van der Waals surface area (Å²) >= 11 is 0. The molecule has 0 fully saturated rings. The average Bonchev–Trinajstić information content (AvgIpc) is 2.45. The van der Waals surface area contributed by atoms with Crippen LogP contribution in [-0.4, -0.2) is 24.3 Å². The average molecular weight is 280 g/mol. The molecule has 1 rings (SSSR count). The monoisotopic (exact) mass is 280 g/mol. The minimum Gasteiger partial charge on any atom is -0.494 e. The fourth-order valence-corrected chi connectivity index (χ4v) is 1.85. The van der Waals surface area contributed by atoms with Crippen LogP contribution in [0.15, 0.2) is 24.3 Å². The van der Waals surface area contributed by atoms with Crippen molar-refractivity contribution in [2.45, 2.75) is 45.4 Å². The normalized spacial score (nSPS) is 10.2. The van der Waals surface area contributed by atoms with E-state index in [1.165, 1.54) is 32.1 Å². The maximum Gasteiger partial charge on any atom is 0.341 e. The number of hydrogen-bond donors (Lipinski definition) is 1. The molecule has 0 aliphatic carbocycles. The van der Waals surface area contributed by atoms with E-state index in [-0.39, 0.29) is 6.61 Å². The van der Waals surface area contributed by atoms with E-state index in [9.17, 15) is 4.79 Å². The molecule has 0 aromatic heterocycles. The summed E-state index contributed by atoms with van der Waals surface area (Å²) in [4.78, 5) is 10.4. The number of hydrogen-bond acceptors (Lipinski definition) is 3. The van der Waals surface area contributed by atoms with E-state index in [2.05, 4.69) is 6.92 Å². The van der Waals surface area contributed by atoms with Crippen LogP contribution in [0, 0.1) is 0 Å². The largest absolute Gasteiger partial charge is 0.494 e. The Morgan fingerprint density at radius 2 is 1.50 bits per heavy atom. The number of benzene rings is 1. The molecule has 4 heteroatoms. The predicted molar refractivity (Wildman–Crippen MR) is 78.4 cm³/mol. The van der Waals surface area contributed by atoms with Gasteiger partial charge in [0.05, 0.1) is 6.61 Å². The second-order valence-corrected chi connectivity index (χ2v) is 4.77. The Morgan fingerprint density at radius 3 is 2.10 bits per heavy atom. The molecule has 1 N–H and O–H groups in total. The van der Waals surface area contributed by atoms with Gasteiger partial charge in [0.1, 0.15) is 11.5 Å². The smallest absolute Gasteiger partial charge is 0.341 e. The summed E-state index contributed by atoms with van der Waals surface area (Å²) in [6.45, 7) is 2.62. The maximum absolute atomic E-state index is 10.4. The van der Waals surface area contributed by atoms with Gasteiger partial charge in [0.25, 0.3) is 0 Å². The summed E-state index contributed by atoms with van der Waals surface area (Å²) in [5.41, 5.74) is 0. The van der Waals surface area contributed by atoms with Crippen LogP contribution >= 0.6 is 0 Å². The molecular formula is C16H24O4. The topological polar surface area (TPSA) is 55.8 Å². The first-order valence-electron chi connectivity index (χ1n) is 7.30. The molecule has 0 atom stereocenters. The van der Waals surface area contributed by atoms with Crippen molar-refractivity contribution in [2.24, 2.45) is 0 Å². The highest BCUT2D eigenvalue weighted by atomic mass is 16.5. The summed E-state index contributed by atoms with van der Waals surface area (Å²) in [6.07, 6.45) is 7.46. The van der Waals surface area contributed by atoms with Crippen molar-refractivity contribution in [3.63, 3.8) is 0 Å². The van der Waals surface area contributed by atoms with Gasteiger partial charge in [-0.2, -0.15) is 0 Å². The van der Waals surface area contributed by atoms with Crippen LogP contribution in [0.2, 0.25) is 0 Å². The van der Waals surface area contributed by atoms with Crippen LogP contribution < -0.4 is 9.47 Å². The highest BCUT2D eigenvalue weighted by Gasteiger charge is 2.00. The molecule has 4 nitrogen and oxygen atoms in total. The van der Waals surface area contributed by atoms with Gasteiger partial charge >= 0.3 is 5.97 Å². The molecule has 1 aromatic rings. The van der Waals surface area contributed by atoms with Crippen LogP contribution in [0.4, 0.5) is 0 Å². The lowest BCUT2D eigenvalue weighted by atomic mass is 10.1. The third-order valence-corrected chi connectivity index (χ3v) is 2.95. The number of rotatable bonds is 11. The van der Waals surface area contributed by atoms with Crippen LogP contribution in [0.3, 0.4) is 0 Å². The molecule has 0 aliphatic heterocycles. The molecule has 0 bridgehead atoms. The van der Waals surface area contributed by atoms with Gasteiger partial charge in [-0.1, -0.05) is 39.0 Å². The SMILES string of the molecule is CCCCCCCCOc1ccc(OCC(=O)O)cc1. The number of carboxylic acid groups (broad SMARTS) is 1. The summed E-state index contributed by atoms with van der Waals surface area (Å²) in [7, 11) is 0. The third-order valence-electron chi connectivity index (χ3n) is 2.95. The van der Waals surface area contributed by atoms with Gasteiger partial charge < -0.3 is 14.6 Å². The van der Waals surface area contributed by atoms with Gasteiger partial charge in [0.2, 0.25) is 0 Å². The van der Waals surface area contributed by atoms with Crippen molar-refractivity contribution in [3.8, 4) is 11.5 Å². The second kappa shape index (κ2) is 10.1. The molecule has 0 aliphatic rings. The molecule has 0 radical (unpaired) electrons. The Labute approximate surface area is 120 Å². The zero-order valence-corrected chi connectivity index (χ0v) is 12.1. The first-order valence-corrected chi connectivity index (χ1v) is 7.30. The minimum absolute atomic E-state index is 0.321. The van der Waals surface area contributed by atoms with E-state index in [4.69, 9.17) is 14.6 Å². The van der Waals surface area contributed by atoms with Crippen LogP contribution in [0.1, 0.15) is 45.4 Å². The van der Waals surface area contributed by atoms with E-state index in [1.807, 2.05) is 0 Å². The summed E-state index contributed by atoms with van der Waals surface area (Å²) in [5, 5.41) is 8.50. The molecule has 0 spiro atoms. The molecular weight excluding hydrogens is 256 g/mol. The number of carboxylic acids is 1. The molecule has 0 saturated heterocycles. The van der Waals surface area contributed by atoms with Gasteiger partial charge in [-0.15, -0.1) is 0 Å².